The van der Waals surface area contributed by atoms with Gasteiger partial charge in [0.25, 0.3) is 0 Å². The van der Waals surface area contributed by atoms with Crippen molar-refractivity contribution in [1.82, 2.24) is 0 Å². The molecular formula is C2H5Br2MgNa. The molecule has 0 amide bonds. The fraction of sp³-hybridized carbons (Fsp3) is 1.00. The number of hydrogen-bond donors (Lipinski definition) is 0. The second-order valence-corrected chi connectivity index (χ2v) is 1.50. The van der Waals surface area contributed by atoms with Crippen LogP contribution >= 0.6 is 0 Å². The maximum absolute atomic E-state index is 2.14. The Hall–Kier alpha value is 2.73. The summed E-state index contributed by atoms with van der Waals surface area (Å²) in [6, 6.07) is 0. The average Bonchev–Trinajstić information content (AvgIpc) is 0.918. The summed E-state index contributed by atoms with van der Waals surface area (Å²) >= 11 is 1.97. The zero-order valence-corrected chi connectivity index (χ0v) is 10.8. The Balaban J connectivity index is -0.00000000667. The quantitative estimate of drug-likeness (QED) is 0.366. The van der Waals surface area contributed by atoms with Crippen LogP contribution in [0, 0.1) is 0 Å². The number of hydrogen-bond acceptors (Lipinski definition) is 0. The normalized spacial score (nSPS) is 3.17. The van der Waals surface area contributed by atoms with Crippen molar-refractivity contribution in [3.8, 4) is 0 Å². The monoisotopic (exact) mass is 234 g/mol. The van der Waals surface area contributed by atoms with Crippen LogP contribution in [0.1, 0.15) is 6.92 Å². The van der Waals surface area contributed by atoms with Crippen LogP contribution in [0.4, 0.5) is 0 Å². The van der Waals surface area contributed by atoms with Crippen LogP contribution in [-0.4, -0.2) is 21.7 Å². The third-order valence-corrected chi connectivity index (χ3v) is 0. The Morgan fingerprint density at radius 3 is 1.33 bits per heavy atom. The fourth-order valence-corrected chi connectivity index (χ4v) is 0. The molecule has 0 nitrogen and oxygen atoms in total. The fourth-order valence-electron chi connectivity index (χ4n) is 0. The molecule has 0 aliphatic heterocycles. The van der Waals surface area contributed by atoms with Gasteiger partial charge in [0.2, 0.25) is 0 Å². The average molecular weight is 236 g/mol. The molecule has 0 N–H and O–H groups in total. The molecule has 0 spiro atoms. The van der Waals surface area contributed by atoms with E-state index in [1.807, 2.05) is 21.7 Å². The van der Waals surface area contributed by atoms with Crippen LogP contribution in [0.5, 0.6) is 0 Å². The third kappa shape index (κ3) is 29.7. The Labute approximate surface area is 95.1 Å². The summed E-state index contributed by atoms with van der Waals surface area (Å²) in [7, 11) is 0. The summed E-state index contributed by atoms with van der Waals surface area (Å²) in [5.74, 6) is 0. The van der Waals surface area contributed by atoms with Gasteiger partial charge in [0, 0.05) is 0 Å². The van der Waals surface area contributed by atoms with Gasteiger partial charge in [0.15, 0.2) is 0 Å². The predicted molar refractivity (Wildman–Crippen MR) is 16.2 cm³/mol. The molecule has 0 fully saturated rings. The first-order chi connectivity index (χ1) is 1.41. The van der Waals surface area contributed by atoms with Crippen LogP contribution < -0.4 is 63.5 Å². The van der Waals surface area contributed by atoms with Gasteiger partial charge < -0.3 is 34.0 Å². The molecule has 0 rings (SSSR count). The molecule has 0 saturated heterocycles. The smallest absolute Gasteiger partial charge is 1.00 e. The molecule has 0 aliphatic carbocycles. The van der Waals surface area contributed by atoms with E-state index in [9.17, 15) is 0 Å². The zero-order valence-electron chi connectivity index (χ0n) is 4.17. The van der Waals surface area contributed by atoms with Gasteiger partial charge in [-0.1, -0.05) is 0 Å². The molecule has 30 valence electrons. The van der Waals surface area contributed by atoms with Crippen molar-refractivity contribution in [2.75, 3.05) is 0 Å². The van der Waals surface area contributed by atoms with Gasteiger partial charge in [-0.25, -0.2) is 0 Å². The van der Waals surface area contributed by atoms with E-state index in [-0.39, 0.29) is 63.5 Å². The van der Waals surface area contributed by atoms with Crippen molar-refractivity contribution in [3.05, 3.63) is 0 Å². The summed E-state index contributed by atoms with van der Waals surface area (Å²) < 4.78 is 1.28. The summed E-state index contributed by atoms with van der Waals surface area (Å²) in [5.41, 5.74) is 0. The van der Waals surface area contributed by atoms with Crippen LogP contribution in [0.3, 0.4) is 0 Å². The molecule has 0 unspecified atom stereocenters. The molecule has 0 atom stereocenters. The first kappa shape index (κ1) is 23.3. The molecule has 0 aromatic rings. The van der Waals surface area contributed by atoms with Crippen molar-refractivity contribution >= 4 is 21.7 Å². The van der Waals surface area contributed by atoms with Crippen molar-refractivity contribution < 1.29 is 63.5 Å². The molecule has 0 aliphatic rings. The standard InChI is InChI=1S/C2H5.2BrH.Mg.Na/c1-2;;;;/h1H2,2H3;2*1H;;/q;;;2*+1/p-2. The van der Waals surface area contributed by atoms with Crippen LogP contribution in [0.25, 0.3) is 0 Å². The van der Waals surface area contributed by atoms with Crippen LogP contribution in [0.15, 0.2) is 0 Å². The van der Waals surface area contributed by atoms with Crippen molar-refractivity contribution in [1.29, 1.82) is 0 Å². The van der Waals surface area contributed by atoms with E-state index in [0.717, 1.165) is 0 Å². The molecule has 0 aromatic heterocycles. The summed E-state index contributed by atoms with van der Waals surface area (Å²) in [6.07, 6.45) is 0. The van der Waals surface area contributed by atoms with E-state index in [0.29, 0.717) is 0 Å². The largest absolute Gasteiger partial charge is 1.00 e. The van der Waals surface area contributed by atoms with Crippen LogP contribution in [-0.2, 0) is 0 Å². The third-order valence-electron chi connectivity index (χ3n) is 0. The Morgan fingerprint density at radius 2 is 1.33 bits per heavy atom. The predicted octanol–water partition coefficient (Wildman–Crippen LogP) is -8.39. The van der Waals surface area contributed by atoms with E-state index < -0.39 is 0 Å². The minimum atomic E-state index is 0. The van der Waals surface area contributed by atoms with Gasteiger partial charge in [-0.2, -0.15) is 0 Å². The van der Waals surface area contributed by atoms with Crippen LogP contribution in [0.2, 0.25) is 4.55 Å². The molecule has 0 aromatic carbocycles. The minimum absolute atomic E-state index is 0. The van der Waals surface area contributed by atoms with E-state index in [1.165, 1.54) is 4.55 Å². The van der Waals surface area contributed by atoms with E-state index in [2.05, 4.69) is 6.92 Å². The Bertz CT molecular complexity index is 11.5. The molecular weight excluding hydrogens is 231 g/mol. The summed E-state index contributed by atoms with van der Waals surface area (Å²) in [5, 5.41) is 0. The maximum atomic E-state index is 2.14. The van der Waals surface area contributed by atoms with Gasteiger partial charge in [0.05, 0.1) is 0 Å². The van der Waals surface area contributed by atoms with Crippen molar-refractivity contribution in [2.45, 2.75) is 11.5 Å². The van der Waals surface area contributed by atoms with Gasteiger partial charge >= 0.3 is 62.7 Å². The molecule has 0 bridgehead atoms. The summed E-state index contributed by atoms with van der Waals surface area (Å²) in [4.78, 5) is 0. The van der Waals surface area contributed by atoms with Gasteiger partial charge in [-0.3, -0.25) is 0 Å². The zero-order chi connectivity index (χ0) is 2.71. The molecule has 6 heavy (non-hydrogen) atoms. The van der Waals surface area contributed by atoms with E-state index in [1.54, 1.807) is 0 Å². The first-order valence-corrected chi connectivity index (χ1v) is 2.21. The Morgan fingerprint density at radius 1 is 1.33 bits per heavy atom. The van der Waals surface area contributed by atoms with Crippen molar-refractivity contribution in [3.63, 3.8) is 0 Å². The molecule has 0 heterocycles. The summed E-state index contributed by atoms with van der Waals surface area (Å²) in [6.45, 7) is 2.14. The minimum Gasteiger partial charge on any atom is -1.00 e. The SMILES string of the molecule is C[CH2][Mg+].[Br-].[Br-].[Na+]. The van der Waals surface area contributed by atoms with E-state index in [4.69, 9.17) is 0 Å². The van der Waals surface area contributed by atoms with Crippen molar-refractivity contribution in [2.24, 2.45) is 0 Å². The first-order valence-electron chi connectivity index (χ1n) is 1.21. The van der Waals surface area contributed by atoms with E-state index >= 15 is 0 Å². The molecule has 0 saturated carbocycles. The van der Waals surface area contributed by atoms with Gasteiger partial charge in [0.1, 0.15) is 0 Å². The maximum Gasteiger partial charge on any atom is 1.00 e. The second-order valence-electron chi connectivity index (χ2n) is 0.500. The second kappa shape index (κ2) is 25.2. The molecule has 4 heteroatoms. The molecule has 0 radical (unpaired) electrons. The topological polar surface area (TPSA) is 0 Å². The Kier molecular flexibility index (Phi) is 97.8. The van der Waals surface area contributed by atoms with Gasteiger partial charge in [-0.05, 0) is 0 Å². The van der Waals surface area contributed by atoms with Gasteiger partial charge in [-0.15, -0.1) is 0 Å². The number of rotatable bonds is 0. The number of halogens is 2.